The Hall–Kier alpha value is -1.84. The molecular formula is C16H20O4. The Bertz CT molecular complexity index is 469. The molecule has 1 fully saturated rings. The molecule has 20 heavy (non-hydrogen) atoms. The second-order valence-corrected chi connectivity index (χ2v) is 5.57. The lowest BCUT2D eigenvalue weighted by atomic mass is 9.85. The number of carboxylic acid groups (broad SMARTS) is 2. The Morgan fingerprint density at radius 2 is 1.50 bits per heavy atom. The summed E-state index contributed by atoms with van der Waals surface area (Å²) < 4.78 is 0. The number of hydrogen-bond acceptors (Lipinski definition) is 2. The van der Waals surface area contributed by atoms with Crippen LogP contribution in [0.15, 0.2) is 18.2 Å². The molecule has 4 nitrogen and oxygen atoms in total. The zero-order valence-electron chi connectivity index (χ0n) is 11.5. The molecule has 0 amide bonds. The molecule has 4 heteroatoms. The van der Waals surface area contributed by atoms with Crippen molar-refractivity contribution in [2.45, 2.75) is 44.9 Å². The molecule has 0 unspecified atom stereocenters. The minimum absolute atomic E-state index is 0.0588. The first kappa shape index (κ1) is 14.6. The average molecular weight is 276 g/mol. The lowest BCUT2D eigenvalue weighted by molar-refractivity contribution is 0.0696. The molecule has 0 spiro atoms. The number of rotatable bonds is 5. The molecule has 0 aliphatic heterocycles. The van der Waals surface area contributed by atoms with Crippen LogP contribution in [0.3, 0.4) is 0 Å². The molecule has 0 heterocycles. The third-order valence-electron chi connectivity index (χ3n) is 4.05. The molecule has 0 bridgehead atoms. The summed E-state index contributed by atoms with van der Waals surface area (Å²) in [5, 5.41) is 18.1. The molecular weight excluding hydrogens is 256 g/mol. The van der Waals surface area contributed by atoms with Crippen molar-refractivity contribution in [3.8, 4) is 0 Å². The number of benzene rings is 1. The largest absolute Gasteiger partial charge is 0.478 e. The maximum absolute atomic E-state index is 11.0. The summed E-state index contributed by atoms with van der Waals surface area (Å²) in [6.07, 6.45) is 8.12. The van der Waals surface area contributed by atoms with E-state index >= 15 is 0 Å². The van der Waals surface area contributed by atoms with E-state index in [9.17, 15) is 9.59 Å². The Balaban J connectivity index is 2.09. The predicted molar refractivity (Wildman–Crippen MR) is 75.3 cm³/mol. The van der Waals surface area contributed by atoms with Gasteiger partial charge in [-0.05, 0) is 42.5 Å². The summed E-state index contributed by atoms with van der Waals surface area (Å²) >= 11 is 0. The molecule has 1 aliphatic carbocycles. The second-order valence-electron chi connectivity index (χ2n) is 5.57. The van der Waals surface area contributed by atoms with E-state index in [0.717, 1.165) is 18.4 Å². The molecule has 0 saturated heterocycles. The number of aromatic carboxylic acids is 2. The molecule has 1 aliphatic rings. The van der Waals surface area contributed by atoms with Gasteiger partial charge >= 0.3 is 11.9 Å². The second kappa shape index (κ2) is 6.55. The Morgan fingerprint density at radius 1 is 0.950 bits per heavy atom. The summed E-state index contributed by atoms with van der Waals surface area (Å²) in [4.78, 5) is 22.1. The van der Waals surface area contributed by atoms with E-state index in [2.05, 4.69) is 0 Å². The van der Waals surface area contributed by atoms with Crippen LogP contribution in [0.1, 0.15) is 64.8 Å². The van der Waals surface area contributed by atoms with Crippen LogP contribution in [0.4, 0.5) is 0 Å². The van der Waals surface area contributed by atoms with Gasteiger partial charge in [-0.3, -0.25) is 0 Å². The van der Waals surface area contributed by atoms with Crippen molar-refractivity contribution in [1.29, 1.82) is 0 Å². The zero-order valence-corrected chi connectivity index (χ0v) is 11.5. The number of carbonyl (C=O) groups is 2. The van der Waals surface area contributed by atoms with Crippen molar-refractivity contribution >= 4 is 11.9 Å². The Morgan fingerprint density at radius 3 is 2.00 bits per heavy atom. The maximum atomic E-state index is 11.0. The summed E-state index contributed by atoms with van der Waals surface area (Å²) in [6.45, 7) is 0. The monoisotopic (exact) mass is 276 g/mol. The smallest absolute Gasteiger partial charge is 0.335 e. The highest BCUT2D eigenvalue weighted by Crippen LogP contribution is 2.27. The quantitative estimate of drug-likeness (QED) is 0.861. The van der Waals surface area contributed by atoms with Gasteiger partial charge in [0, 0.05) is 0 Å². The van der Waals surface area contributed by atoms with Crippen molar-refractivity contribution in [3.05, 3.63) is 34.9 Å². The van der Waals surface area contributed by atoms with Crippen molar-refractivity contribution in [1.82, 2.24) is 0 Å². The molecule has 1 aromatic carbocycles. The molecule has 1 aromatic rings. The van der Waals surface area contributed by atoms with Crippen LogP contribution in [-0.4, -0.2) is 22.2 Å². The van der Waals surface area contributed by atoms with E-state index in [1.807, 2.05) is 0 Å². The summed E-state index contributed by atoms with van der Waals surface area (Å²) in [7, 11) is 0. The molecule has 0 atom stereocenters. The van der Waals surface area contributed by atoms with E-state index in [4.69, 9.17) is 10.2 Å². The lowest BCUT2D eigenvalue weighted by Gasteiger charge is -2.21. The number of hydrogen-bond donors (Lipinski definition) is 2. The molecule has 108 valence electrons. The summed E-state index contributed by atoms with van der Waals surface area (Å²) in [6, 6.07) is 4.41. The molecule has 0 aromatic heterocycles. The number of carboxylic acids is 2. The lowest BCUT2D eigenvalue weighted by Crippen LogP contribution is -2.08. The fraction of sp³-hybridized carbons (Fsp3) is 0.500. The highest BCUT2D eigenvalue weighted by Gasteiger charge is 2.15. The van der Waals surface area contributed by atoms with Crippen molar-refractivity contribution < 1.29 is 19.8 Å². The predicted octanol–water partition coefficient (Wildman–Crippen LogP) is 3.60. The fourth-order valence-corrected chi connectivity index (χ4v) is 2.93. The third kappa shape index (κ3) is 3.83. The standard InChI is InChI=1S/C16H20O4/c17-15(18)13-8-12(9-14(10-13)16(19)20)7-6-11-4-2-1-3-5-11/h8-11H,1-7H2,(H,17,18)(H,19,20). The first-order chi connectivity index (χ1) is 9.56. The van der Waals surface area contributed by atoms with Crippen molar-refractivity contribution in [2.24, 2.45) is 5.92 Å². The van der Waals surface area contributed by atoms with Gasteiger partial charge in [0.05, 0.1) is 11.1 Å². The van der Waals surface area contributed by atoms with Crippen LogP contribution in [-0.2, 0) is 6.42 Å². The van der Waals surface area contributed by atoms with Gasteiger partial charge in [0.15, 0.2) is 0 Å². The Labute approximate surface area is 118 Å². The minimum atomic E-state index is -1.08. The van der Waals surface area contributed by atoms with Crippen LogP contribution in [0.5, 0.6) is 0 Å². The van der Waals surface area contributed by atoms with Crippen LogP contribution >= 0.6 is 0 Å². The van der Waals surface area contributed by atoms with Crippen LogP contribution < -0.4 is 0 Å². The minimum Gasteiger partial charge on any atom is -0.478 e. The summed E-state index contributed by atoms with van der Waals surface area (Å²) in [5.41, 5.74) is 0.931. The molecule has 0 radical (unpaired) electrons. The Kier molecular flexibility index (Phi) is 4.77. The van der Waals surface area contributed by atoms with Gasteiger partial charge in [-0.1, -0.05) is 32.1 Å². The van der Waals surface area contributed by atoms with Crippen molar-refractivity contribution in [2.75, 3.05) is 0 Å². The van der Waals surface area contributed by atoms with E-state index in [1.54, 1.807) is 12.1 Å². The van der Waals surface area contributed by atoms with Crippen LogP contribution in [0, 0.1) is 5.92 Å². The average Bonchev–Trinajstić information content (AvgIpc) is 2.45. The normalized spacial score (nSPS) is 16.0. The SMILES string of the molecule is O=C(O)c1cc(CCC2CCCCC2)cc(C(=O)O)c1. The zero-order chi connectivity index (χ0) is 14.5. The summed E-state index contributed by atoms with van der Waals surface area (Å²) in [5.74, 6) is -1.45. The van der Waals surface area contributed by atoms with Gasteiger partial charge < -0.3 is 10.2 Å². The maximum Gasteiger partial charge on any atom is 0.335 e. The van der Waals surface area contributed by atoms with Gasteiger partial charge in [-0.25, -0.2) is 9.59 Å². The van der Waals surface area contributed by atoms with E-state index < -0.39 is 11.9 Å². The van der Waals surface area contributed by atoms with Crippen LogP contribution in [0.2, 0.25) is 0 Å². The molecule has 2 rings (SSSR count). The fourth-order valence-electron chi connectivity index (χ4n) is 2.93. The van der Waals surface area contributed by atoms with Crippen molar-refractivity contribution in [3.63, 3.8) is 0 Å². The van der Waals surface area contributed by atoms with Gasteiger partial charge in [-0.2, -0.15) is 0 Å². The van der Waals surface area contributed by atoms with Gasteiger partial charge in [0.25, 0.3) is 0 Å². The van der Waals surface area contributed by atoms with E-state index in [1.165, 1.54) is 38.2 Å². The van der Waals surface area contributed by atoms with Crippen LogP contribution in [0.25, 0.3) is 0 Å². The number of aryl methyl sites for hydroxylation is 1. The van der Waals surface area contributed by atoms with Gasteiger partial charge in [-0.15, -0.1) is 0 Å². The van der Waals surface area contributed by atoms with E-state index in [0.29, 0.717) is 5.92 Å². The van der Waals surface area contributed by atoms with Gasteiger partial charge in [0.1, 0.15) is 0 Å². The van der Waals surface area contributed by atoms with Gasteiger partial charge in [0.2, 0.25) is 0 Å². The third-order valence-corrected chi connectivity index (χ3v) is 4.05. The topological polar surface area (TPSA) is 74.6 Å². The first-order valence-corrected chi connectivity index (χ1v) is 7.17. The highest BCUT2D eigenvalue weighted by atomic mass is 16.4. The molecule has 2 N–H and O–H groups in total. The molecule has 1 saturated carbocycles. The first-order valence-electron chi connectivity index (χ1n) is 7.17. The van der Waals surface area contributed by atoms with E-state index in [-0.39, 0.29) is 11.1 Å². The highest BCUT2D eigenvalue weighted by molar-refractivity contribution is 5.94.